The van der Waals surface area contributed by atoms with Gasteiger partial charge in [0.05, 0.1) is 6.21 Å². The molecule has 0 bridgehead atoms. The molecule has 0 fully saturated rings. The van der Waals surface area contributed by atoms with Crippen LogP contribution in [0.15, 0.2) is 53.9 Å². The first-order valence-corrected chi connectivity index (χ1v) is 5.56. The fraction of sp³-hybridized carbons (Fsp3) is 0.0714. The number of amides is 1. The van der Waals surface area contributed by atoms with Crippen molar-refractivity contribution in [3.63, 3.8) is 0 Å². The van der Waals surface area contributed by atoms with Crippen molar-refractivity contribution in [3.8, 4) is 0 Å². The lowest BCUT2D eigenvalue weighted by Gasteiger charge is -2.02. The van der Waals surface area contributed by atoms with Crippen molar-refractivity contribution >= 4 is 12.1 Å². The Kier molecular flexibility index (Phi) is 3.81. The monoisotopic (exact) mass is 239 g/mol. The molecule has 1 aromatic heterocycles. The summed E-state index contributed by atoms with van der Waals surface area (Å²) >= 11 is 0. The fourth-order valence-corrected chi connectivity index (χ4v) is 1.51. The Balaban J connectivity index is 2.01. The van der Waals surface area contributed by atoms with Gasteiger partial charge in [0.2, 0.25) is 0 Å². The number of aromatic nitrogens is 1. The number of hydrogen-bond donors (Lipinski definition) is 1. The van der Waals surface area contributed by atoms with Crippen molar-refractivity contribution in [3.05, 3.63) is 65.5 Å². The lowest BCUT2D eigenvalue weighted by molar-refractivity contribution is 0.0954. The molecule has 0 spiro atoms. The molecule has 0 aliphatic rings. The number of nitrogens with one attached hydrogen (secondary N) is 1. The number of rotatable bonds is 3. The second kappa shape index (κ2) is 5.72. The average molecular weight is 239 g/mol. The Morgan fingerprint density at radius 2 is 2.11 bits per heavy atom. The van der Waals surface area contributed by atoms with E-state index >= 15 is 0 Å². The number of benzene rings is 1. The zero-order valence-electron chi connectivity index (χ0n) is 10.00. The molecule has 0 aliphatic heterocycles. The Morgan fingerprint density at radius 1 is 1.28 bits per heavy atom. The Bertz CT molecular complexity index is 564. The van der Waals surface area contributed by atoms with Crippen LogP contribution < -0.4 is 5.43 Å². The highest BCUT2D eigenvalue weighted by Crippen LogP contribution is 2.06. The highest BCUT2D eigenvalue weighted by atomic mass is 16.2. The molecule has 2 aromatic rings. The zero-order valence-corrected chi connectivity index (χ0v) is 10.00. The summed E-state index contributed by atoms with van der Waals surface area (Å²) in [6, 6.07) is 11.0. The minimum atomic E-state index is -0.215. The third-order valence-corrected chi connectivity index (χ3v) is 2.45. The molecule has 0 unspecified atom stereocenters. The molecule has 1 amide bonds. The van der Waals surface area contributed by atoms with Gasteiger partial charge in [-0.15, -0.1) is 0 Å². The normalized spacial score (nSPS) is 10.5. The third kappa shape index (κ3) is 3.01. The van der Waals surface area contributed by atoms with Gasteiger partial charge in [0, 0.05) is 23.5 Å². The summed E-state index contributed by atoms with van der Waals surface area (Å²) in [5, 5.41) is 3.89. The summed E-state index contributed by atoms with van der Waals surface area (Å²) in [5.74, 6) is -0.215. The van der Waals surface area contributed by atoms with Gasteiger partial charge in [-0.25, -0.2) is 5.43 Å². The average Bonchev–Trinajstić information content (AvgIpc) is 2.40. The summed E-state index contributed by atoms with van der Waals surface area (Å²) in [5.41, 5.74) is 4.88. The van der Waals surface area contributed by atoms with Crippen molar-refractivity contribution in [2.75, 3.05) is 0 Å². The molecule has 2 rings (SSSR count). The molecule has 18 heavy (non-hydrogen) atoms. The Morgan fingerprint density at radius 3 is 2.83 bits per heavy atom. The Hall–Kier alpha value is -2.49. The number of hydrazone groups is 1. The number of aryl methyl sites for hydroxylation is 1. The van der Waals surface area contributed by atoms with Gasteiger partial charge in [-0.2, -0.15) is 5.10 Å². The van der Waals surface area contributed by atoms with Crippen LogP contribution in [0.5, 0.6) is 0 Å². The number of pyridine rings is 1. The quantitative estimate of drug-likeness (QED) is 0.659. The number of hydrogen-bond acceptors (Lipinski definition) is 3. The molecule has 4 nitrogen and oxygen atoms in total. The minimum Gasteiger partial charge on any atom is -0.267 e. The lowest BCUT2D eigenvalue weighted by Crippen LogP contribution is -2.18. The smallest absolute Gasteiger partial charge is 0.267 e. The zero-order chi connectivity index (χ0) is 12.8. The van der Waals surface area contributed by atoms with E-state index in [1.54, 1.807) is 24.7 Å². The van der Waals surface area contributed by atoms with Gasteiger partial charge in [-0.3, -0.25) is 9.78 Å². The number of carbonyl (C=O) groups is 1. The summed E-state index contributed by atoms with van der Waals surface area (Å²) in [4.78, 5) is 15.8. The van der Waals surface area contributed by atoms with E-state index in [0.717, 1.165) is 11.1 Å². The van der Waals surface area contributed by atoms with Gasteiger partial charge in [0.15, 0.2) is 0 Å². The first-order valence-electron chi connectivity index (χ1n) is 5.56. The largest absolute Gasteiger partial charge is 0.271 e. The highest BCUT2D eigenvalue weighted by Gasteiger charge is 2.05. The lowest BCUT2D eigenvalue weighted by atomic mass is 10.1. The topological polar surface area (TPSA) is 54.4 Å². The second-order valence-corrected chi connectivity index (χ2v) is 3.80. The summed E-state index contributed by atoms with van der Waals surface area (Å²) in [6.07, 6.45) is 4.91. The van der Waals surface area contributed by atoms with E-state index in [4.69, 9.17) is 0 Å². The molecule has 1 N–H and O–H groups in total. The summed E-state index contributed by atoms with van der Waals surface area (Å²) in [7, 11) is 0. The molecular formula is C14H13N3O. The maximum absolute atomic E-state index is 11.8. The van der Waals surface area contributed by atoms with Crippen LogP contribution in [0, 0.1) is 6.92 Å². The van der Waals surface area contributed by atoms with Gasteiger partial charge in [-0.05, 0) is 24.6 Å². The van der Waals surface area contributed by atoms with Crippen molar-refractivity contribution in [2.24, 2.45) is 5.10 Å². The van der Waals surface area contributed by atoms with Crippen molar-refractivity contribution in [2.45, 2.75) is 6.92 Å². The number of carbonyl (C=O) groups excluding carboxylic acids is 1. The molecule has 1 aromatic carbocycles. The van der Waals surface area contributed by atoms with Crippen LogP contribution in [0.3, 0.4) is 0 Å². The number of nitrogens with zero attached hydrogens (tertiary/aromatic N) is 2. The molecule has 0 atom stereocenters. The van der Waals surface area contributed by atoms with E-state index in [9.17, 15) is 4.79 Å². The van der Waals surface area contributed by atoms with Crippen molar-refractivity contribution in [1.82, 2.24) is 10.4 Å². The van der Waals surface area contributed by atoms with E-state index in [1.165, 1.54) is 0 Å². The first-order chi connectivity index (χ1) is 8.77. The van der Waals surface area contributed by atoms with Gasteiger partial charge in [0.25, 0.3) is 5.91 Å². The first kappa shape index (κ1) is 12.0. The molecular weight excluding hydrogens is 226 g/mol. The summed E-state index contributed by atoms with van der Waals surface area (Å²) < 4.78 is 0. The van der Waals surface area contributed by atoms with Gasteiger partial charge in [0.1, 0.15) is 0 Å². The van der Waals surface area contributed by atoms with E-state index in [0.29, 0.717) is 5.56 Å². The predicted octanol–water partition coefficient (Wildman–Crippen LogP) is 2.15. The van der Waals surface area contributed by atoms with Crippen LogP contribution in [0.1, 0.15) is 21.5 Å². The van der Waals surface area contributed by atoms with E-state index in [-0.39, 0.29) is 5.91 Å². The van der Waals surface area contributed by atoms with Gasteiger partial charge >= 0.3 is 0 Å². The Labute approximate surface area is 105 Å². The minimum absolute atomic E-state index is 0.215. The fourth-order valence-electron chi connectivity index (χ4n) is 1.51. The molecule has 0 aliphatic carbocycles. The summed E-state index contributed by atoms with van der Waals surface area (Å²) in [6.45, 7) is 1.89. The molecule has 90 valence electrons. The van der Waals surface area contributed by atoms with Crippen molar-refractivity contribution < 1.29 is 4.79 Å². The molecule has 0 saturated carbocycles. The maximum Gasteiger partial charge on any atom is 0.271 e. The van der Waals surface area contributed by atoms with Gasteiger partial charge in [-0.1, -0.05) is 24.3 Å². The molecule has 1 heterocycles. The van der Waals surface area contributed by atoms with Crippen LogP contribution in [0.4, 0.5) is 0 Å². The highest BCUT2D eigenvalue weighted by molar-refractivity contribution is 5.96. The van der Waals surface area contributed by atoms with Crippen LogP contribution >= 0.6 is 0 Å². The van der Waals surface area contributed by atoms with E-state index in [1.807, 2.05) is 37.3 Å². The predicted molar refractivity (Wildman–Crippen MR) is 70.5 cm³/mol. The van der Waals surface area contributed by atoms with Crippen LogP contribution in [-0.2, 0) is 0 Å². The molecule has 0 radical (unpaired) electrons. The van der Waals surface area contributed by atoms with Crippen LogP contribution in [0.2, 0.25) is 0 Å². The van der Waals surface area contributed by atoms with E-state index in [2.05, 4.69) is 15.5 Å². The maximum atomic E-state index is 11.8. The SMILES string of the molecule is Cc1ccccc1C(=O)N/N=C/c1cccnc1. The van der Waals surface area contributed by atoms with Crippen molar-refractivity contribution in [1.29, 1.82) is 0 Å². The van der Waals surface area contributed by atoms with E-state index < -0.39 is 0 Å². The van der Waals surface area contributed by atoms with Crippen LogP contribution in [0.25, 0.3) is 0 Å². The standard InChI is InChI=1S/C14H13N3O/c1-11-5-2-3-7-13(11)14(18)17-16-10-12-6-4-8-15-9-12/h2-10H,1H3,(H,17,18)/b16-10+. The molecule has 4 heteroatoms. The molecule has 0 saturated heterocycles. The second-order valence-electron chi connectivity index (χ2n) is 3.80. The third-order valence-electron chi connectivity index (χ3n) is 2.45. The van der Waals surface area contributed by atoms with Gasteiger partial charge < -0.3 is 0 Å². The van der Waals surface area contributed by atoms with Crippen LogP contribution in [-0.4, -0.2) is 17.1 Å².